The molecule has 0 bridgehead atoms. The summed E-state index contributed by atoms with van der Waals surface area (Å²) in [7, 11) is -1.26. The summed E-state index contributed by atoms with van der Waals surface area (Å²) in [5, 5.41) is 8.84. The van der Waals surface area contributed by atoms with Gasteiger partial charge in [0, 0.05) is 18.4 Å². The summed E-state index contributed by atoms with van der Waals surface area (Å²) in [5.74, 6) is -0.734. The van der Waals surface area contributed by atoms with Crippen LogP contribution in [-0.4, -0.2) is 31.9 Å². The summed E-state index contributed by atoms with van der Waals surface area (Å²) in [6, 6.07) is 8.31. The average Bonchev–Trinajstić information content (AvgIpc) is 2.23. The van der Waals surface area contributed by atoms with Gasteiger partial charge in [0.15, 0.2) is 0 Å². The number of carboxylic acid groups (broad SMARTS) is 1. The van der Waals surface area contributed by atoms with Crippen LogP contribution in [0.25, 0.3) is 0 Å². The fourth-order valence-electron chi connectivity index (χ4n) is 1.86. The fourth-order valence-corrected chi connectivity index (χ4v) is 3.34. The highest BCUT2D eigenvalue weighted by molar-refractivity contribution is 6.76. The lowest BCUT2D eigenvalue weighted by molar-refractivity contribution is -0.136. The van der Waals surface area contributed by atoms with Gasteiger partial charge in [-0.25, -0.2) is 0 Å². The predicted octanol–water partition coefficient (Wildman–Crippen LogP) is 3.15. The van der Waals surface area contributed by atoms with Crippen LogP contribution in [0.1, 0.15) is 12.0 Å². The number of anilines is 1. The minimum Gasteiger partial charge on any atom is -0.481 e. The van der Waals surface area contributed by atoms with Gasteiger partial charge in [0.05, 0.1) is 14.5 Å². The van der Waals surface area contributed by atoms with E-state index in [2.05, 4.69) is 55.7 Å². The first kappa shape index (κ1) is 14.8. The molecule has 0 spiro atoms. The maximum Gasteiger partial charge on any atom is 0.305 e. The lowest BCUT2D eigenvalue weighted by Crippen LogP contribution is -2.41. The van der Waals surface area contributed by atoms with Crippen molar-refractivity contribution in [1.29, 1.82) is 0 Å². The number of carbonyl (C=O) groups is 1. The smallest absolute Gasteiger partial charge is 0.305 e. The second kappa shape index (κ2) is 6.04. The van der Waals surface area contributed by atoms with Gasteiger partial charge in [-0.1, -0.05) is 37.3 Å². The van der Waals surface area contributed by atoms with Crippen molar-refractivity contribution in [1.82, 2.24) is 0 Å². The Morgan fingerprint density at radius 3 is 2.22 bits per heavy atom. The molecule has 1 aromatic carbocycles. The van der Waals surface area contributed by atoms with Gasteiger partial charge in [-0.2, -0.15) is 0 Å². The first-order valence-corrected chi connectivity index (χ1v) is 10.0. The van der Waals surface area contributed by atoms with Crippen molar-refractivity contribution in [3.05, 3.63) is 29.8 Å². The van der Waals surface area contributed by atoms with Crippen molar-refractivity contribution in [2.24, 2.45) is 0 Å². The molecule has 100 valence electrons. The molecule has 0 heterocycles. The second-order valence-corrected chi connectivity index (χ2v) is 11.4. The molecule has 0 unspecified atom stereocenters. The van der Waals surface area contributed by atoms with E-state index >= 15 is 0 Å². The molecule has 0 fully saturated rings. The number of aliphatic carboxylic acids is 1. The molecule has 0 aliphatic heterocycles. The van der Waals surface area contributed by atoms with Gasteiger partial charge in [0.25, 0.3) is 0 Å². The lowest BCUT2D eigenvalue weighted by atomic mass is 10.2. The van der Waals surface area contributed by atoms with Crippen LogP contribution in [0.3, 0.4) is 0 Å². The summed E-state index contributed by atoms with van der Waals surface area (Å²) in [4.78, 5) is 12.9. The number of carboxylic acids is 1. The molecule has 0 aliphatic carbocycles. The minimum atomic E-state index is -1.26. The first-order valence-electron chi connectivity index (χ1n) is 6.31. The number of aryl methyl sites for hydroxylation is 1. The Kier molecular flexibility index (Phi) is 4.96. The summed E-state index contributed by atoms with van der Waals surface area (Å²) in [5.41, 5.74) is 2.36. The molecule has 4 heteroatoms. The Hall–Kier alpha value is -1.29. The topological polar surface area (TPSA) is 40.5 Å². The highest BCUT2D eigenvalue weighted by atomic mass is 28.3. The van der Waals surface area contributed by atoms with Crippen LogP contribution in [0.15, 0.2) is 24.3 Å². The van der Waals surface area contributed by atoms with Gasteiger partial charge in [0.2, 0.25) is 0 Å². The van der Waals surface area contributed by atoms with Crippen LogP contribution in [0.4, 0.5) is 5.69 Å². The van der Waals surface area contributed by atoms with Gasteiger partial charge in [-0.05, 0) is 19.1 Å². The van der Waals surface area contributed by atoms with E-state index in [9.17, 15) is 4.79 Å². The molecule has 18 heavy (non-hydrogen) atoms. The third kappa shape index (κ3) is 5.36. The summed E-state index contributed by atoms with van der Waals surface area (Å²) < 4.78 is 0. The largest absolute Gasteiger partial charge is 0.481 e. The van der Waals surface area contributed by atoms with E-state index < -0.39 is 14.0 Å². The molecular formula is C14H23NO2Si. The van der Waals surface area contributed by atoms with E-state index in [-0.39, 0.29) is 6.42 Å². The number of rotatable bonds is 6. The molecule has 0 radical (unpaired) electrons. The van der Waals surface area contributed by atoms with Crippen molar-refractivity contribution in [2.45, 2.75) is 33.0 Å². The van der Waals surface area contributed by atoms with Crippen molar-refractivity contribution < 1.29 is 9.90 Å². The molecule has 1 aromatic rings. The lowest BCUT2D eigenvalue weighted by Gasteiger charge is -2.30. The van der Waals surface area contributed by atoms with Gasteiger partial charge < -0.3 is 10.0 Å². The highest BCUT2D eigenvalue weighted by Crippen LogP contribution is 2.18. The van der Waals surface area contributed by atoms with Gasteiger partial charge >= 0.3 is 5.97 Å². The van der Waals surface area contributed by atoms with E-state index in [4.69, 9.17) is 5.11 Å². The van der Waals surface area contributed by atoms with Crippen molar-refractivity contribution in [3.8, 4) is 0 Å². The van der Waals surface area contributed by atoms with Crippen molar-refractivity contribution in [3.63, 3.8) is 0 Å². The molecule has 0 aliphatic rings. The third-order valence-corrected chi connectivity index (χ3v) is 3.99. The monoisotopic (exact) mass is 265 g/mol. The molecule has 1 rings (SSSR count). The van der Waals surface area contributed by atoms with E-state index in [1.165, 1.54) is 5.56 Å². The summed E-state index contributed by atoms with van der Waals surface area (Å²) in [6.07, 6.45) is 1.18. The first-order chi connectivity index (χ1) is 8.28. The van der Waals surface area contributed by atoms with Crippen molar-refractivity contribution >= 4 is 19.7 Å². The molecular weight excluding hydrogens is 242 g/mol. The van der Waals surface area contributed by atoms with E-state index in [1.54, 1.807) is 0 Å². The summed E-state index contributed by atoms with van der Waals surface area (Å²) >= 11 is 0. The van der Waals surface area contributed by atoms with Crippen LogP contribution in [0.5, 0.6) is 0 Å². The Labute approximate surface area is 110 Å². The van der Waals surface area contributed by atoms with Gasteiger partial charge in [-0.3, -0.25) is 4.79 Å². The fraction of sp³-hybridized carbons (Fsp3) is 0.500. The minimum absolute atomic E-state index is 0.193. The van der Waals surface area contributed by atoms with Crippen LogP contribution < -0.4 is 4.90 Å². The molecule has 0 aromatic heterocycles. The Bertz CT molecular complexity index is 395. The average molecular weight is 265 g/mol. The summed E-state index contributed by atoms with van der Waals surface area (Å²) in [6.45, 7) is 9.55. The van der Waals surface area contributed by atoms with Crippen LogP contribution in [0.2, 0.25) is 19.6 Å². The molecule has 0 saturated carbocycles. The Morgan fingerprint density at radius 1 is 1.22 bits per heavy atom. The zero-order valence-corrected chi connectivity index (χ0v) is 12.7. The quantitative estimate of drug-likeness (QED) is 0.803. The predicted molar refractivity (Wildman–Crippen MR) is 79.0 cm³/mol. The van der Waals surface area contributed by atoms with Crippen LogP contribution in [0, 0.1) is 6.92 Å². The zero-order chi connectivity index (χ0) is 13.8. The maximum atomic E-state index is 10.7. The Balaban J connectivity index is 2.82. The van der Waals surface area contributed by atoms with E-state index in [0.29, 0.717) is 6.54 Å². The van der Waals surface area contributed by atoms with E-state index in [1.807, 2.05) is 0 Å². The van der Waals surface area contributed by atoms with Gasteiger partial charge in [0.1, 0.15) is 0 Å². The van der Waals surface area contributed by atoms with Crippen molar-refractivity contribution in [2.75, 3.05) is 17.6 Å². The number of hydrogen-bond acceptors (Lipinski definition) is 2. The highest BCUT2D eigenvalue weighted by Gasteiger charge is 2.19. The molecule has 0 atom stereocenters. The molecule has 0 saturated heterocycles. The van der Waals surface area contributed by atoms with E-state index in [0.717, 1.165) is 11.9 Å². The number of nitrogens with zero attached hydrogens (tertiary/aromatic N) is 1. The SMILES string of the molecule is Cc1ccc(N(CCC(=O)O)C[Si](C)(C)C)cc1. The zero-order valence-electron chi connectivity index (χ0n) is 11.7. The van der Waals surface area contributed by atoms with Crippen LogP contribution in [-0.2, 0) is 4.79 Å². The number of benzene rings is 1. The standard InChI is InChI=1S/C14H23NO2Si/c1-12-5-7-13(8-6-12)15(10-9-14(16)17)11-18(2,3)4/h5-8H,9-11H2,1-4H3,(H,16,17). The number of hydrogen-bond donors (Lipinski definition) is 1. The molecule has 1 N–H and O–H groups in total. The third-order valence-electron chi connectivity index (χ3n) is 2.66. The molecule has 0 amide bonds. The Morgan fingerprint density at radius 2 is 1.78 bits per heavy atom. The second-order valence-electron chi connectivity index (χ2n) is 5.96. The maximum absolute atomic E-state index is 10.7. The van der Waals surface area contributed by atoms with Gasteiger partial charge in [-0.15, -0.1) is 0 Å². The normalized spacial score (nSPS) is 11.3. The van der Waals surface area contributed by atoms with Crippen LogP contribution >= 0.6 is 0 Å². The molecule has 3 nitrogen and oxygen atoms in total.